The van der Waals surface area contributed by atoms with Gasteiger partial charge in [-0.05, 0) is 42.0 Å². The molecule has 0 unspecified atom stereocenters. The van der Waals surface area contributed by atoms with Gasteiger partial charge in [-0.3, -0.25) is 24.0 Å². The van der Waals surface area contributed by atoms with Crippen LogP contribution in [0, 0.1) is 5.82 Å². The molecule has 5 heterocycles. The Balaban J connectivity index is 1.13. The molecule has 242 valence electrons. The number of nitrogens with zero attached hydrogens (tertiary/aromatic N) is 7. The number of aromatic nitrogens is 7. The van der Waals surface area contributed by atoms with E-state index in [1.807, 2.05) is 0 Å². The highest BCUT2D eigenvalue weighted by Crippen LogP contribution is 2.20. The lowest BCUT2D eigenvalue weighted by atomic mass is 10.1. The topological polar surface area (TPSA) is 204 Å². The number of halogens is 1. The lowest BCUT2D eigenvalue weighted by Crippen LogP contribution is -2.43. The Bertz CT molecular complexity index is 2330. The molecule has 1 atom stereocenters. The summed E-state index contributed by atoms with van der Waals surface area (Å²) in [6.45, 7) is 0. The summed E-state index contributed by atoms with van der Waals surface area (Å²) in [7, 11) is -2.56. The molecule has 0 aliphatic heterocycles. The van der Waals surface area contributed by atoms with Crippen LogP contribution in [0.1, 0.15) is 16.1 Å². The molecular weight excluding hydrogens is 645 g/mol. The molecule has 6 rings (SSSR count). The van der Waals surface area contributed by atoms with E-state index in [9.17, 15) is 32.3 Å². The third kappa shape index (κ3) is 6.34. The number of aryl methyl sites for hydroxylation is 1. The van der Waals surface area contributed by atoms with Crippen LogP contribution in [-0.2, 0) is 28.3 Å². The molecule has 3 N–H and O–H groups in total. The van der Waals surface area contributed by atoms with Crippen LogP contribution in [-0.4, -0.2) is 65.7 Å². The van der Waals surface area contributed by atoms with Crippen molar-refractivity contribution in [1.82, 2.24) is 39.6 Å². The summed E-state index contributed by atoms with van der Waals surface area (Å²) in [4.78, 5) is 57.6. The first-order valence-electron chi connectivity index (χ1n) is 14.1. The van der Waals surface area contributed by atoms with E-state index >= 15 is 0 Å². The van der Waals surface area contributed by atoms with E-state index in [0.29, 0.717) is 33.5 Å². The van der Waals surface area contributed by atoms with Gasteiger partial charge in [0.15, 0.2) is 22.4 Å². The maximum atomic E-state index is 15.0. The Hall–Kier alpha value is -6.36. The molecule has 0 aliphatic rings. The normalized spacial score (nSPS) is 12.0. The smallest absolute Gasteiger partial charge is 0.326 e. The van der Waals surface area contributed by atoms with E-state index in [1.165, 1.54) is 41.6 Å². The third-order valence-corrected chi connectivity index (χ3v) is 8.54. The number of carboxylic acid groups (broad SMARTS) is 1. The predicted molar refractivity (Wildman–Crippen MR) is 169 cm³/mol. The van der Waals surface area contributed by atoms with Crippen molar-refractivity contribution in [3.05, 3.63) is 119 Å². The van der Waals surface area contributed by atoms with E-state index in [0.717, 1.165) is 12.3 Å². The first-order chi connectivity index (χ1) is 23.0. The number of hydrogen-bond acceptors (Lipinski definition) is 10. The molecule has 17 heteroatoms. The van der Waals surface area contributed by atoms with Gasteiger partial charge in [-0.1, -0.05) is 12.1 Å². The number of carbonyl (C=O) groups is 2. The van der Waals surface area contributed by atoms with Gasteiger partial charge >= 0.3 is 5.97 Å². The number of hydrogen-bond donors (Lipinski definition) is 3. The number of nitrogens with one attached hydrogen (secondary N) is 2. The van der Waals surface area contributed by atoms with Crippen molar-refractivity contribution in [2.75, 3.05) is 4.72 Å². The molecule has 0 saturated heterocycles. The Labute approximate surface area is 270 Å². The minimum absolute atomic E-state index is 0.170. The van der Waals surface area contributed by atoms with E-state index in [2.05, 4.69) is 35.0 Å². The number of fused-ring (bicyclic) bond motifs is 1. The Morgan fingerprint density at radius 2 is 1.71 bits per heavy atom. The molecule has 0 bridgehead atoms. The monoisotopic (exact) mass is 669 g/mol. The summed E-state index contributed by atoms with van der Waals surface area (Å²) in [5, 5.41) is 12.1. The van der Waals surface area contributed by atoms with Crippen LogP contribution < -0.4 is 15.6 Å². The standard InChI is InChI=1S/C31H24FN9O6S/c1-40-25-17-33-12-9-22(25)30(43)41(40)21-6-3-18(4-7-21)13-24(31(44)45)38-29(42)27-23(32)14-20(16-37-27)39-48(46,47)26-8-5-19(15-36-26)28-34-10-2-11-35-28/h2-12,14-17,24,39H,13H2,1H3,(H,38,42)(H,44,45)/t24-/m0/s1. The zero-order valence-electron chi connectivity index (χ0n) is 24.8. The number of pyridine rings is 3. The molecule has 48 heavy (non-hydrogen) atoms. The van der Waals surface area contributed by atoms with Crippen molar-refractivity contribution < 1.29 is 27.5 Å². The second kappa shape index (κ2) is 12.8. The van der Waals surface area contributed by atoms with Crippen LogP contribution in [0.25, 0.3) is 28.0 Å². The number of anilines is 1. The van der Waals surface area contributed by atoms with Crippen LogP contribution in [0.5, 0.6) is 0 Å². The van der Waals surface area contributed by atoms with Crippen molar-refractivity contribution in [2.24, 2.45) is 7.05 Å². The van der Waals surface area contributed by atoms with E-state index in [4.69, 9.17) is 0 Å². The highest BCUT2D eigenvalue weighted by Gasteiger charge is 2.25. The zero-order valence-corrected chi connectivity index (χ0v) is 25.7. The van der Waals surface area contributed by atoms with Crippen LogP contribution in [0.4, 0.5) is 10.1 Å². The fourth-order valence-corrected chi connectivity index (χ4v) is 5.86. The molecule has 0 fully saturated rings. The first-order valence-corrected chi connectivity index (χ1v) is 15.6. The number of rotatable bonds is 10. The molecule has 1 amide bonds. The van der Waals surface area contributed by atoms with Crippen molar-refractivity contribution >= 4 is 38.5 Å². The average molecular weight is 670 g/mol. The van der Waals surface area contributed by atoms with E-state index < -0.39 is 39.5 Å². The maximum Gasteiger partial charge on any atom is 0.326 e. The fourth-order valence-electron chi connectivity index (χ4n) is 4.90. The molecule has 0 spiro atoms. The first kappa shape index (κ1) is 31.6. The molecule has 0 aliphatic carbocycles. The maximum absolute atomic E-state index is 15.0. The molecule has 0 radical (unpaired) electrons. The molecule has 5 aromatic heterocycles. The van der Waals surface area contributed by atoms with Gasteiger partial charge < -0.3 is 10.4 Å². The van der Waals surface area contributed by atoms with Crippen molar-refractivity contribution in [3.8, 4) is 17.1 Å². The molecule has 1 aromatic carbocycles. The highest BCUT2D eigenvalue weighted by molar-refractivity contribution is 7.92. The molecule has 0 saturated carbocycles. The summed E-state index contributed by atoms with van der Waals surface area (Å²) in [6, 6.07) is 11.7. The van der Waals surface area contributed by atoms with Crippen LogP contribution in [0.2, 0.25) is 0 Å². The average Bonchev–Trinajstić information content (AvgIpc) is 3.34. The lowest BCUT2D eigenvalue weighted by molar-refractivity contribution is -0.139. The number of aliphatic carboxylic acids is 1. The van der Waals surface area contributed by atoms with Gasteiger partial charge in [0.05, 0.1) is 34.7 Å². The van der Waals surface area contributed by atoms with E-state index in [1.54, 1.807) is 54.3 Å². The fraction of sp³-hybridized carbons (Fsp3) is 0.0968. The van der Waals surface area contributed by atoms with Gasteiger partial charge in [-0.2, -0.15) is 8.42 Å². The summed E-state index contributed by atoms with van der Waals surface area (Å²) in [5.41, 5.74) is 0.854. The number of amides is 1. The van der Waals surface area contributed by atoms with Gasteiger partial charge in [0, 0.05) is 49.9 Å². The van der Waals surface area contributed by atoms with Crippen molar-refractivity contribution in [1.29, 1.82) is 0 Å². The van der Waals surface area contributed by atoms with Crippen LogP contribution >= 0.6 is 0 Å². The van der Waals surface area contributed by atoms with Gasteiger partial charge in [0.1, 0.15) is 6.04 Å². The van der Waals surface area contributed by atoms with Gasteiger partial charge in [-0.15, -0.1) is 0 Å². The number of sulfonamides is 1. The molecule has 15 nitrogen and oxygen atoms in total. The van der Waals surface area contributed by atoms with Crippen molar-refractivity contribution in [3.63, 3.8) is 0 Å². The van der Waals surface area contributed by atoms with Crippen LogP contribution in [0.3, 0.4) is 0 Å². The van der Waals surface area contributed by atoms with E-state index in [-0.39, 0.29) is 22.7 Å². The number of benzene rings is 1. The minimum atomic E-state index is -4.27. The summed E-state index contributed by atoms with van der Waals surface area (Å²) in [5.74, 6) is -3.35. The Kier molecular flexibility index (Phi) is 8.43. The van der Waals surface area contributed by atoms with Crippen molar-refractivity contribution in [2.45, 2.75) is 17.5 Å². The second-order valence-electron chi connectivity index (χ2n) is 10.4. The number of carboxylic acids is 1. The SMILES string of the molecule is Cn1c2cnccc2c(=O)n1-c1ccc(C[C@H](NC(=O)c2ncc(NS(=O)(=O)c3ccc(-c4ncccn4)cn3)cc2F)C(=O)O)cc1. The largest absolute Gasteiger partial charge is 0.480 e. The minimum Gasteiger partial charge on any atom is -0.480 e. The molecule has 6 aromatic rings. The summed E-state index contributed by atoms with van der Waals surface area (Å²) in [6.07, 6.45) is 8.17. The second-order valence-corrected chi connectivity index (χ2v) is 12.0. The van der Waals surface area contributed by atoms with Gasteiger partial charge in [0.25, 0.3) is 21.5 Å². The highest BCUT2D eigenvalue weighted by atomic mass is 32.2. The predicted octanol–water partition coefficient (Wildman–Crippen LogP) is 2.34. The Morgan fingerprint density at radius 3 is 2.35 bits per heavy atom. The summed E-state index contributed by atoms with van der Waals surface area (Å²) >= 11 is 0. The van der Waals surface area contributed by atoms with Gasteiger partial charge in [-0.25, -0.2) is 33.8 Å². The summed E-state index contributed by atoms with van der Waals surface area (Å²) < 4.78 is 45.9. The van der Waals surface area contributed by atoms with Crippen LogP contribution in [0.15, 0.2) is 102 Å². The van der Waals surface area contributed by atoms with Gasteiger partial charge in [0.2, 0.25) is 0 Å². The Morgan fingerprint density at radius 1 is 0.958 bits per heavy atom. The zero-order chi connectivity index (χ0) is 34.0. The third-order valence-electron chi connectivity index (χ3n) is 7.24. The quantitative estimate of drug-likeness (QED) is 0.193. The molecular formula is C31H24FN9O6S. The lowest BCUT2D eigenvalue weighted by Gasteiger charge is -2.15. The number of carbonyl (C=O) groups excluding carboxylic acids is 1.